The topological polar surface area (TPSA) is 49.4 Å². The molecule has 0 amide bonds. The molecule has 2 aromatic rings. The van der Waals surface area contributed by atoms with Crippen molar-refractivity contribution in [3.8, 4) is 0 Å². The minimum Gasteiger partial charge on any atom is -0.317 e. The normalized spacial score (nSPS) is 16.3. The summed E-state index contributed by atoms with van der Waals surface area (Å²) in [4.78, 5) is 0.314. The molecule has 0 radical (unpaired) electrons. The van der Waals surface area contributed by atoms with Gasteiger partial charge in [0, 0.05) is 12.6 Å². The summed E-state index contributed by atoms with van der Waals surface area (Å²) in [5.41, 5.74) is 0.826. The fourth-order valence-corrected chi connectivity index (χ4v) is 5.07. The van der Waals surface area contributed by atoms with Crippen molar-refractivity contribution in [2.45, 2.75) is 30.3 Å². The number of hydrogen-bond acceptors (Lipinski definition) is 3. The van der Waals surface area contributed by atoms with Crippen molar-refractivity contribution < 1.29 is 8.42 Å². The van der Waals surface area contributed by atoms with Crippen LogP contribution in [0.2, 0.25) is 10.0 Å². The first-order valence-corrected chi connectivity index (χ1v) is 10.4. The van der Waals surface area contributed by atoms with Crippen LogP contribution in [0.25, 0.3) is 0 Å². The first-order chi connectivity index (χ1) is 12.0. The van der Waals surface area contributed by atoms with Crippen molar-refractivity contribution in [2.24, 2.45) is 0 Å². The quantitative estimate of drug-likeness (QED) is 0.829. The number of hydrogen-bond donors (Lipinski definition) is 1. The summed E-state index contributed by atoms with van der Waals surface area (Å²) in [7, 11) is -3.59. The molecule has 1 fully saturated rings. The van der Waals surface area contributed by atoms with Crippen molar-refractivity contribution >= 4 is 33.2 Å². The first-order valence-electron chi connectivity index (χ1n) is 8.20. The van der Waals surface area contributed by atoms with Crippen molar-refractivity contribution in [1.82, 2.24) is 9.62 Å². The lowest BCUT2D eigenvalue weighted by Crippen LogP contribution is -2.45. The van der Waals surface area contributed by atoms with Crippen LogP contribution in [0.15, 0.2) is 53.4 Å². The van der Waals surface area contributed by atoms with Crippen LogP contribution < -0.4 is 5.32 Å². The molecule has 1 saturated heterocycles. The molecule has 2 aromatic carbocycles. The second-order valence-corrected chi connectivity index (χ2v) is 8.80. The highest BCUT2D eigenvalue weighted by atomic mass is 35.5. The lowest BCUT2D eigenvalue weighted by Gasteiger charge is -2.34. The Morgan fingerprint density at radius 3 is 2.32 bits per heavy atom. The van der Waals surface area contributed by atoms with E-state index in [4.69, 9.17) is 23.2 Å². The summed E-state index contributed by atoms with van der Waals surface area (Å²) in [5, 5.41) is 4.18. The van der Waals surface area contributed by atoms with Crippen LogP contribution >= 0.6 is 23.2 Å². The molecule has 1 aliphatic rings. The average molecular weight is 399 g/mol. The summed E-state index contributed by atoms with van der Waals surface area (Å²) < 4.78 is 28.1. The molecular weight excluding hydrogens is 379 g/mol. The zero-order chi connectivity index (χ0) is 17.9. The van der Waals surface area contributed by atoms with Crippen molar-refractivity contribution in [3.63, 3.8) is 0 Å². The zero-order valence-corrected chi connectivity index (χ0v) is 16.0. The predicted molar refractivity (Wildman–Crippen MR) is 102 cm³/mol. The van der Waals surface area contributed by atoms with Crippen LogP contribution in [0, 0.1) is 0 Å². The Labute approximate surface area is 158 Å². The van der Waals surface area contributed by atoms with Crippen LogP contribution in [-0.2, 0) is 16.6 Å². The molecule has 1 N–H and O–H groups in total. The number of halogens is 2. The fourth-order valence-electron chi connectivity index (χ4n) is 3.05. The second-order valence-electron chi connectivity index (χ2n) is 6.09. The molecule has 0 atom stereocenters. The van der Waals surface area contributed by atoms with Gasteiger partial charge in [-0.05, 0) is 55.8 Å². The number of sulfonamides is 1. The molecule has 1 aliphatic heterocycles. The van der Waals surface area contributed by atoms with Crippen LogP contribution in [0.5, 0.6) is 0 Å². The number of nitrogens with zero attached hydrogens (tertiary/aromatic N) is 1. The molecule has 7 heteroatoms. The fraction of sp³-hybridized carbons (Fsp3) is 0.333. The molecule has 0 spiro atoms. The van der Waals surface area contributed by atoms with Crippen LogP contribution in [0.1, 0.15) is 18.4 Å². The Bertz CT molecular complexity index is 822. The molecule has 0 unspecified atom stereocenters. The molecule has 0 aromatic heterocycles. The molecule has 1 heterocycles. The third-order valence-corrected chi connectivity index (χ3v) is 7.04. The Kier molecular flexibility index (Phi) is 6.02. The Balaban J connectivity index is 1.96. The lowest BCUT2D eigenvalue weighted by molar-refractivity contribution is 0.256. The Hall–Kier alpha value is -1.11. The molecule has 3 rings (SSSR count). The standard InChI is InChI=1S/C18H20Cl2N2O2S/c19-17-7-6-14(12-18(17)20)13-22(15-8-10-21-11-9-15)25(23,24)16-4-2-1-3-5-16/h1-7,12,15,21H,8-11,13H2. The van der Waals surface area contributed by atoms with E-state index in [2.05, 4.69) is 5.32 Å². The van der Waals surface area contributed by atoms with Gasteiger partial charge >= 0.3 is 0 Å². The van der Waals surface area contributed by atoms with Gasteiger partial charge in [0.2, 0.25) is 10.0 Å². The summed E-state index contributed by atoms with van der Waals surface area (Å²) >= 11 is 12.1. The van der Waals surface area contributed by atoms with Gasteiger partial charge in [0.25, 0.3) is 0 Å². The van der Waals surface area contributed by atoms with E-state index in [1.54, 1.807) is 40.7 Å². The summed E-state index contributed by atoms with van der Waals surface area (Å²) in [6.45, 7) is 1.90. The lowest BCUT2D eigenvalue weighted by atomic mass is 10.1. The SMILES string of the molecule is O=S(=O)(c1ccccc1)N(Cc1ccc(Cl)c(Cl)c1)C1CCNCC1. The average Bonchev–Trinajstić information content (AvgIpc) is 2.64. The van der Waals surface area contributed by atoms with E-state index < -0.39 is 10.0 Å². The minimum atomic E-state index is -3.59. The number of rotatable bonds is 5. The summed E-state index contributed by atoms with van der Waals surface area (Å²) in [6, 6.07) is 13.8. The predicted octanol–water partition coefficient (Wildman–Crippen LogP) is 3.94. The minimum absolute atomic E-state index is 0.0408. The molecular formula is C18H20Cl2N2O2S. The molecule has 0 saturated carbocycles. The number of piperidine rings is 1. The maximum absolute atomic E-state index is 13.2. The van der Waals surface area contributed by atoms with Crippen molar-refractivity contribution in [1.29, 1.82) is 0 Å². The van der Waals surface area contributed by atoms with Gasteiger partial charge in [-0.15, -0.1) is 0 Å². The van der Waals surface area contributed by atoms with Crippen LogP contribution in [0.4, 0.5) is 0 Å². The smallest absolute Gasteiger partial charge is 0.243 e. The van der Waals surface area contributed by atoms with Crippen molar-refractivity contribution in [3.05, 3.63) is 64.1 Å². The van der Waals surface area contributed by atoms with Gasteiger partial charge in [-0.25, -0.2) is 8.42 Å². The maximum atomic E-state index is 13.2. The van der Waals surface area contributed by atoms with Crippen LogP contribution in [0.3, 0.4) is 0 Å². The van der Waals surface area contributed by atoms with Crippen molar-refractivity contribution in [2.75, 3.05) is 13.1 Å². The van der Waals surface area contributed by atoms with E-state index in [-0.39, 0.29) is 12.6 Å². The molecule has 0 aliphatic carbocycles. The van der Waals surface area contributed by atoms with Gasteiger partial charge in [-0.1, -0.05) is 47.5 Å². The Morgan fingerprint density at radius 2 is 1.68 bits per heavy atom. The van der Waals surface area contributed by atoms with Gasteiger partial charge in [0.1, 0.15) is 0 Å². The number of benzene rings is 2. The summed E-state index contributed by atoms with van der Waals surface area (Å²) in [5.74, 6) is 0. The molecule has 134 valence electrons. The van der Waals surface area contributed by atoms with Gasteiger partial charge in [-0.2, -0.15) is 4.31 Å². The maximum Gasteiger partial charge on any atom is 0.243 e. The van der Waals surface area contributed by atoms with E-state index >= 15 is 0 Å². The highest BCUT2D eigenvalue weighted by Gasteiger charge is 2.32. The van der Waals surface area contributed by atoms with E-state index in [1.807, 2.05) is 12.1 Å². The highest BCUT2D eigenvalue weighted by Crippen LogP contribution is 2.28. The molecule has 0 bridgehead atoms. The van der Waals surface area contributed by atoms with Gasteiger partial charge < -0.3 is 5.32 Å². The number of nitrogens with one attached hydrogen (secondary N) is 1. The third kappa shape index (κ3) is 4.36. The van der Waals surface area contributed by atoms with Gasteiger partial charge in [0.05, 0.1) is 14.9 Å². The largest absolute Gasteiger partial charge is 0.317 e. The second kappa shape index (κ2) is 8.06. The molecule has 4 nitrogen and oxygen atoms in total. The van der Waals surface area contributed by atoms with Gasteiger partial charge in [0.15, 0.2) is 0 Å². The monoisotopic (exact) mass is 398 g/mol. The third-order valence-electron chi connectivity index (χ3n) is 4.39. The van der Waals surface area contributed by atoms with E-state index in [0.29, 0.717) is 14.9 Å². The van der Waals surface area contributed by atoms with E-state index in [1.165, 1.54) is 0 Å². The zero-order valence-electron chi connectivity index (χ0n) is 13.7. The van der Waals surface area contributed by atoms with E-state index in [0.717, 1.165) is 31.5 Å². The van der Waals surface area contributed by atoms with Crippen LogP contribution in [-0.4, -0.2) is 31.9 Å². The first kappa shape index (κ1) is 18.7. The van der Waals surface area contributed by atoms with Gasteiger partial charge in [-0.3, -0.25) is 0 Å². The van der Waals surface area contributed by atoms with E-state index in [9.17, 15) is 8.42 Å². The highest BCUT2D eigenvalue weighted by molar-refractivity contribution is 7.89. The summed E-state index contributed by atoms with van der Waals surface area (Å²) in [6.07, 6.45) is 1.57. The Morgan fingerprint density at radius 1 is 1.00 bits per heavy atom. The molecule has 25 heavy (non-hydrogen) atoms.